The molecule has 0 heterocycles. The van der Waals surface area contributed by atoms with E-state index < -0.39 is 10.8 Å². The Labute approximate surface area is 102 Å². The third kappa shape index (κ3) is 2.97. The van der Waals surface area contributed by atoms with Crippen LogP contribution in [0.3, 0.4) is 0 Å². The molecule has 1 unspecified atom stereocenters. The van der Waals surface area contributed by atoms with Crippen LogP contribution in [0.4, 0.5) is 0 Å². The van der Waals surface area contributed by atoms with Crippen LogP contribution < -0.4 is 0 Å². The van der Waals surface area contributed by atoms with Gasteiger partial charge in [-0.2, -0.15) is 0 Å². The Balaban J connectivity index is 2.22. The summed E-state index contributed by atoms with van der Waals surface area (Å²) >= 11 is 1.68. The smallest absolute Gasteiger partial charge is 0.0498 e. The maximum absolute atomic E-state index is 11.4. The molecule has 0 N–H and O–H groups in total. The van der Waals surface area contributed by atoms with E-state index in [2.05, 4.69) is 12.1 Å². The molecule has 0 spiro atoms. The highest BCUT2D eigenvalue weighted by atomic mass is 32.2. The molecule has 0 aliphatic heterocycles. The van der Waals surface area contributed by atoms with Crippen molar-refractivity contribution >= 4 is 22.6 Å². The zero-order valence-electron chi connectivity index (χ0n) is 8.92. The highest BCUT2D eigenvalue weighted by Crippen LogP contribution is 2.28. The Kier molecular flexibility index (Phi) is 3.80. The minimum absolute atomic E-state index is 0.876. The highest BCUT2D eigenvalue weighted by molar-refractivity contribution is 7.99. The third-order valence-electron chi connectivity index (χ3n) is 2.12. The molecular formula is C13H12OS2. The van der Waals surface area contributed by atoms with Crippen molar-refractivity contribution in [2.45, 2.75) is 14.7 Å². The zero-order chi connectivity index (χ0) is 11.4. The maximum Gasteiger partial charge on any atom is 0.0498 e. The normalized spacial score (nSPS) is 12.3. The van der Waals surface area contributed by atoms with E-state index in [1.807, 2.05) is 42.5 Å². The molecule has 3 heteroatoms. The summed E-state index contributed by atoms with van der Waals surface area (Å²) in [5.74, 6) is 0. The molecule has 0 aromatic heterocycles. The molecule has 0 saturated carbocycles. The summed E-state index contributed by atoms with van der Waals surface area (Å²) in [5.41, 5.74) is 0. The lowest BCUT2D eigenvalue weighted by Crippen LogP contribution is -1.86. The van der Waals surface area contributed by atoms with Crippen molar-refractivity contribution in [3.8, 4) is 0 Å². The van der Waals surface area contributed by atoms with Crippen LogP contribution in [0.25, 0.3) is 0 Å². The van der Waals surface area contributed by atoms with Crippen LogP contribution in [-0.2, 0) is 10.8 Å². The van der Waals surface area contributed by atoms with Crippen LogP contribution in [0.5, 0.6) is 0 Å². The minimum Gasteiger partial charge on any atom is -0.255 e. The summed E-state index contributed by atoms with van der Waals surface area (Å²) in [7, 11) is -0.911. The summed E-state index contributed by atoms with van der Waals surface area (Å²) in [5, 5.41) is 0. The molecule has 0 aliphatic rings. The molecule has 0 radical (unpaired) electrons. The molecule has 2 aromatic rings. The van der Waals surface area contributed by atoms with Crippen molar-refractivity contribution in [1.29, 1.82) is 0 Å². The van der Waals surface area contributed by atoms with E-state index in [9.17, 15) is 4.21 Å². The predicted octanol–water partition coefficient (Wildman–Crippen LogP) is 3.58. The lowest BCUT2D eigenvalue weighted by Gasteiger charge is -2.03. The van der Waals surface area contributed by atoms with Crippen LogP contribution >= 0.6 is 11.8 Å². The number of benzene rings is 2. The molecule has 2 rings (SSSR count). The Morgan fingerprint density at radius 2 is 1.62 bits per heavy atom. The summed E-state index contributed by atoms with van der Waals surface area (Å²) in [6.45, 7) is 0. The Bertz CT molecular complexity index is 494. The van der Waals surface area contributed by atoms with Crippen molar-refractivity contribution in [2.24, 2.45) is 0 Å². The van der Waals surface area contributed by atoms with Crippen molar-refractivity contribution in [1.82, 2.24) is 0 Å². The Morgan fingerprint density at radius 3 is 2.31 bits per heavy atom. The van der Waals surface area contributed by atoms with Gasteiger partial charge in [-0.25, -0.2) is 0 Å². The second-order valence-corrected chi connectivity index (χ2v) is 5.87. The number of hydrogen-bond donors (Lipinski definition) is 0. The topological polar surface area (TPSA) is 17.1 Å². The van der Waals surface area contributed by atoms with Crippen LogP contribution in [-0.4, -0.2) is 10.5 Å². The fraction of sp³-hybridized carbons (Fsp3) is 0.0769. The van der Waals surface area contributed by atoms with Crippen LogP contribution in [0, 0.1) is 0 Å². The highest BCUT2D eigenvalue weighted by Gasteiger charge is 2.00. The fourth-order valence-corrected chi connectivity index (χ4v) is 2.88. The average Bonchev–Trinajstić information content (AvgIpc) is 2.30. The van der Waals surface area contributed by atoms with E-state index in [0.717, 1.165) is 9.79 Å². The van der Waals surface area contributed by atoms with Gasteiger partial charge < -0.3 is 0 Å². The van der Waals surface area contributed by atoms with Gasteiger partial charge in [-0.15, -0.1) is 0 Å². The van der Waals surface area contributed by atoms with E-state index in [1.165, 1.54) is 4.90 Å². The largest absolute Gasteiger partial charge is 0.255 e. The van der Waals surface area contributed by atoms with Crippen molar-refractivity contribution in [3.63, 3.8) is 0 Å². The lowest BCUT2D eigenvalue weighted by molar-refractivity contribution is 0.686. The molecule has 0 saturated heterocycles. The van der Waals surface area contributed by atoms with E-state index in [0.29, 0.717) is 0 Å². The second-order valence-electron chi connectivity index (χ2n) is 3.34. The quantitative estimate of drug-likeness (QED) is 0.826. The first-order chi connectivity index (χ1) is 7.75. The minimum atomic E-state index is -0.911. The molecule has 1 atom stereocenters. The van der Waals surface area contributed by atoms with Gasteiger partial charge in [0.1, 0.15) is 0 Å². The molecule has 0 fully saturated rings. The molecule has 0 bridgehead atoms. The van der Waals surface area contributed by atoms with Gasteiger partial charge in [0.2, 0.25) is 0 Å². The van der Waals surface area contributed by atoms with Crippen molar-refractivity contribution in [3.05, 3.63) is 54.6 Å². The van der Waals surface area contributed by atoms with Crippen LogP contribution in [0.1, 0.15) is 0 Å². The second kappa shape index (κ2) is 5.32. The number of rotatable bonds is 3. The Morgan fingerprint density at radius 1 is 0.938 bits per heavy atom. The maximum atomic E-state index is 11.4. The van der Waals surface area contributed by atoms with Gasteiger partial charge in [-0.3, -0.25) is 4.21 Å². The van der Waals surface area contributed by atoms with E-state index in [4.69, 9.17) is 0 Å². The summed E-state index contributed by atoms with van der Waals surface area (Å²) in [6, 6.07) is 18.0. The molecule has 1 nitrogen and oxygen atoms in total. The van der Waals surface area contributed by atoms with Crippen molar-refractivity contribution in [2.75, 3.05) is 6.26 Å². The first-order valence-corrected chi connectivity index (χ1v) is 7.29. The monoisotopic (exact) mass is 248 g/mol. The molecular weight excluding hydrogens is 236 g/mol. The summed E-state index contributed by atoms with van der Waals surface area (Å²) in [4.78, 5) is 3.20. The van der Waals surface area contributed by atoms with Gasteiger partial charge in [0, 0.05) is 31.7 Å². The standard InChI is InChI=1S/C13H12OS2/c1-16(14)13-9-5-8-12(10-13)15-11-6-3-2-4-7-11/h2-10H,1H3. The first kappa shape index (κ1) is 11.4. The van der Waals surface area contributed by atoms with Crippen LogP contribution in [0.2, 0.25) is 0 Å². The predicted molar refractivity (Wildman–Crippen MR) is 69.3 cm³/mol. The van der Waals surface area contributed by atoms with Gasteiger partial charge in [-0.1, -0.05) is 36.0 Å². The first-order valence-electron chi connectivity index (χ1n) is 4.92. The fourth-order valence-electron chi connectivity index (χ4n) is 1.34. The van der Waals surface area contributed by atoms with Gasteiger partial charge in [-0.05, 0) is 30.3 Å². The van der Waals surface area contributed by atoms with Gasteiger partial charge >= 0.3 is 0 Å². The summed E-state index contributed by atoms with van der Waals surface area (Å²) < 4.78 is 11.4. The van der Waals surface area contributed by atoms with Crippen molar-refractivity contribution < 1.29 is 4.21 Å². The molecule has 2 aromatic carbocycles. The van der Waals surface area contributed by atoms with Crippen LogP contribution in [0.15, 0.2) is 69.3 Å². The lowest BCUT2D eigenvalue weighted by atomic mass is 10.4. The molecule has 16 heavy (non-hydrogen) atoms. The Hall–Kier alpha value is -1.06. The molecule has 82 valence electrons. The molecule has 0 aliphatic carbocycles. The van der Waals surface area contributed by atoms with Gasteiger partial charge in [0.05, 0.1) is 0 Å². The SMILES string of the molecule is CS(=O)c1cccc(Sc2ccccc2)c1. The van der Waals surface area contributed by atoms with E-state index in [-0.39, 0.29) is 0 Å². The van der Waals surface area contributed by atoms with E-state index in [1.54, 1.807) is 18.0 Å². The molecule has 0 amide bonds. The number of hydrogen-bond acceptors (Lipinski definition) is 2. The zero-order valence-corrected chi connectivity index (χ0v) is 10.6. The average molecular weight is 248 g/mol. The third-order valence-corrected chi connectivity index (χ3v) is 4.03. The van der Waals surface area contributed by atoms with Gasteiger partial charge in [0.25, 0.3) is 0 Å². The van der Waals surface area contributed by atoms with E-state index >= 15 is 0 Å². The summed E-state index contributed by atoms with van der Waals surface area (Å²) in [6.07, 6.45) is 1.70. The van der Waals surface area contributed by atoms with Gasteiger partial charge in [0.15, 0.2) is 0 Å².